The molecule has 0 aliphatic carbocycles. The number of amides is 1. The van der Waals surface area contributed by atoms with E-state index in [9.17, 15) is 4.79 Å². The highest BCUT2D eigenvalue weighted by molar-refractivity contribution is 5.81. The summed E-state index contributed by atoms with van der Waals surface area (Å²) in [7, 11) is 1.95. The molecule has 19 heavy (non-hydrogen) atoms. The van der Waals surface area contributed by atoms with Crippen LogP contribution in [-0.4, -0.2) is 32.6 Å². The van der Waals surface area contributed by atoms with Gasteiger partial charge in [-0.25, -0.2) is 0 Å². The SMILES string of the molecule is CCNCc1ccc(N(C)CC(=O)NCC)c(C)c1. The van der Waals surface area contributed by atoms with Gasteiger partial charge < -0.3 is 15.5 Å². The second-order valence-electron chi connectivity index (χ2n) is 4.71. The number of anilines is 1. The summed E-state index contributed by atoms with van der Waals surface area (Å²) in [5.41, 5.74) is 3.57. The zero-order valence-corrected chi connectivity index (χ0v) is 12.4. The van der Waals surface area contributed by atoms with Gasteiger partial charge in [-0.3, -0.25) is 4.79 Å². The molecule has 0 unspecified atom stereocenters. The minimum atomic E-state index is 0.0566. The molecule has 0 saturated carbocycles. The van der Waals surface area contributed by atoms with Crippen LogP contribution in [-0.2, 0) is 11.3 Å². The number of carbonyl (C=O) groups is 1. The molecule has 0 heterocycles. The van der Waals surface area contributed by atoms with Crippen molar-refractivity contribution < 1.29 is 4.79 Å². The van der Waals surface area contributed by atoms with Gasteiger partial charge in [0.05, 0.1) is 6.54 Å². The van der Waals surface area contributed by atoms with Crippen LogP contribution in [0.1, 0.15) is 25.0 Å². The summed E-state index contributed by atoms with van der Waals surface area (Å²) in [6.07, 6.45) is 0. The number of carbonyl (C=O) groups excluding carboxylic acids is 1. The highest BCUT2D eigenvalue weighted by Crippen LogP contribution is 2.20. The summed E-state index contributed by atoms with van der Waals surface area (Å²) in [5.74, 6) is 0.0566. The van der Waals surface area contributed by atoms with Gasteiger partial charge in [0.2, 0.25) is 5.91 Å². The number of nitrogens with one attached hydrogen (secondary N) is 2. The van der Waals surface area contributed by atoms with Crippen molar-refractivity contribution in [2.45, 2.75) is 27.3 Å². The fourth-order valence-electron chi connectivity index (χ4n) is 2.08. The minimum absolute atomic E-state index is 0.0566. The number of likely N-dealkylation sites (N-methyl/N-ethyl adjacent to an activating group) is 2. The predicted octanol–water partition coefficient (Wildman–Crippen LogP) is 1.68. The average molecular weight is 263 g/mol. The van der Waals surface area contributed by atoms with E-state index in [-0.39, 0.29) is 5.91 Å². The molecule has 106 valence electrons. The molecule has 0 atom stereocenters. The van der Waals surface area contributed by atoms with E-state index >= 15 is 0 Å². The third kappa shape index (κ3) is 4.91. The first-order valence-corrected chi connectivity index (χ1v) is 6.86. The zero-order chi connectivity index (χ0) is 14.3. The summed E-state index contributed by atoms with van der Waals surface area (Å²) in [6, 6.07) is 6.37. The fraction of sp³-hybridized carbons (Fsp3) is 0.533. The molecular weight excluding hydrogens is 238 g/mol. The Balaban J connectivity index is 2.69. The van der Waals surface area contributed by atoms with Crippen LogP contribution in [0.25, 0.3) is 0 Å². The van der Waals surface area contributed by atoms with Gasteiger partial charge in [0.1, 0.15) is 0 Å². The Bertz CT molecular complexity index is 418. The predicted molar refractivity (Wildman–Crippen MR) is 80.5 cm³/mol. The van der Waals surface area contributed by atoms with E-state index in [0.717, 1.165) is 18.8 Å². The van der Waals surface area contributed by atoms with Crippen molar-refractivity contribution in [1.82, 2.24) is 10.6 Å². The second-order valence-corrected chi connectivity index (χ2v) is 4.71. The molecule has 0 aromatic heterocycles. The Hall–Kier alpha value is -1.55. The average Bonchev–Trinajstić information content (AvgIpc) is 2.36. The summed E-state index contributed by atoms with van der Waals surface area (Å²) in [4.78, 5) is 13.6. The lowest BCUT2D eigenvalue weighted by Gasteiger charge is -2.21. The van der Waals surface area contributed by atoms with Crippen molar-refractivity contribution in [1.29, 1.82) is 0 Å². The van der Waals surface area contributed by atoms with Crippen LogP contribution in [0.3, 0.4) is 0 Å². The third-order valence-electron chi connectivity index (χ3n) is 3.01. The topological polar surface area (TPSA) is 44.4 Å². The Labute approximate surface area is 116 Å². The molecular formula is C15H25N3O. The number of hydrogen-bond donors (Lipinski definition) is 2. The van der Waals surface area contributed by atoms with E-state index in [1.54, 1.807) is 0 Å². The van der Waals surface area contributed by atoms with Crippen molar-refractivity contribution in [2.24, 2.45) is 0 Å². The maximum atomic E-state index is 11.6. The van der Waals surface area contributed by atoms with Crippen LogP contribution in [0.4, 0.5) is 5.69 Å². The van der Waals surface area contributed by atoms with Crippen LogP contribution < -0.4 is 15.5 Å². The smallest absolute Gasteiger partial charge is 0.239 e. The number of rotatable bonds is 7. The summed E-state index contributed by atoms with van der Waals surface area (Å²) >= 11 is 0. The fourth-order valence-corrected chi connectivity index (χ4v) is 2.08. The first-order chi connectivity index (χ1) is 9.08. The molecule has 0 bridgehead atoms. The van der Waals surface area contributed by atoms with E-state index in [4.69, 9.17) is 0 Å². The van der Waals surface area contributed by atoms with Crippen molar-refractivity contribution in [2.75, 3.05) is 31.6 Å². The van der Waals surface area contributed by atoms with Crippen LogP contribution in [0.2, 0.25) is 0 Å². The van der Waals surface area contributed by atoms with Gasteiger partial charge >= 0.3 is 0 Å². The van der Waals surface area contributed by atoms with Gasteiger partial charge in [-0.05, 0) is 37.6 Å². The van der Waals surface area contributed by atoms with Gasteiger partial charge in [-0.15, -0.1) is 0 Å². The quantitative estimate of drug-likeness (QED) is 0.786. The first-order valence-electron chi connectivity index (χ1n) is 6.86. The maximum Gasteiger partial charge on any atom is 0.239 e. The normalized spacial score (nSPS) is 10.3. The molecule has 0 radical (unpaired) electrons. The van der Waals surface area contributed by atoms with E-state index in [0.29, 0.717) is 13.1 Å². The lowest BCUT2D eigenvalue weighted by molar-refractivity contribution is -0.119. The van der Waals surface area contributed by atoms with Crippen LogP contribution in [0, 0.1) is 6.92 Å². The standard InChI is InChI=1S/C15H25N3O/c1-5-16-10-13-7-8-14(12(3)9-13)18(4)11-15(19)17-6-2/h7-9,16H,5-6,10-11H2,1-4H3,(H,17,19). The Kier molecular flexibility index (Phi) is 6.36. The molecule has 1 aromatic carbocycles. The largest absolute Gasteiger partial charge is 0.365 e. The van der Waals surface area contributed by atoms with Crippen LogP contribution >= 0.6 is 0 Å². The molecule has 0 spiro atoms. The highest BCUT2D eigenvalue weighted by atomic mass is 16.1. The van der Waals surface area contributed by atoms with Gasteiger partial charge in [0, 0.05) is 25.8 Å². The summed E-state index contributed by atoms with van der Waals surface area (Å²) in [6.45, 7) is 9.03. The summed E-state index contributed by atoms with van der Waals surface area (Å²) in [5, 5.41) is 6.13. The maximum absolute atomic E-state index is 11.6. The number of nitrogens with zero attached hydrogens (tertiary/aromatic N) is 1. The third-order valence-corrected chi connectivity index (χ3v) is 3.01. The minimum Gasteiger partial charge on any atom is -0.365 e. The lowest BCUT2D eigenvalue weighted by atomic mass is 10.1. The van der Waals surface area contributed by atoms with Gasteiger partial charge in [-0.1, -0.05) is 19.1 Å². The Morgan fingerprint density at radius 3 is 2.58 bits per heavy atom. The van der Waals surface area contributed by atoms with Gasteiger partial charge in [-0.2, -0.15) is 0 Å². The first kappa shape index (κ1) is 15.5. The van der Waals surface area contributed by atoms with Crippen LogP contribution in [0.5, 0.6) is 0 Å². The number of hydrogen-bond acceptors (Lipinski definition) is 3. The molecule has 4 heteroatoms. The zero-order valence-electron chi connectivity index (χ0n) is 12.4. The van der Waals surface area contributed by atoms with Crippen LogP contribution in [0.15, 0.2) is 18.2 Å². The number of aryl methyl sites for hydroxylation is 1. The Morgan fingerprint density at radius 1 is 1.26 bits per heavy atom. The lowest BCUT2D eigenvalue weighted by Crippen LogP contribution is -2.35. The molecule has 1 rings (SSSR count). The molecule has 4 nitrogen and oxygen atoms in total. The van der Waals surface area contributed by atoms with Gasteiger partial charge in [0.15, 0.2) is 0 Å². The molecule has 1 aromatic rings. The highest BCUT2D eigenvalue weighted by Gasteiger charge is 2.09. The van der Waals surface area contributed by atoms with Crippen molar-refractivity contribution >= 4 is 11.6 Å². The van der Waals surface area contributed by atoms with Crippen molar-refractivity contribution in [3.8, 4) is 0 Å². The van der Waals surface area contributed by atoms with Crippen molar-refractivity contribution in [3.63, 3.8) is 0 Å². The number of benzene rings is 1. The second kappa shape index (κ2) is 7.79. The Morgan fingerprint density at radius 2 is 2.00 bits per heavy atom. The van der Waals surface area contributed by atoms with E-state index in [1.165, 1.54) is 11.1 Å². The molecule has 0 saturated heterocycles. The molecule has 0 fully saturated rings. The molecule has 0 aliphatic heterocycles. The van der Waals surface area contributed by atoms with E-state index in [1.807, 2.05) is 18.9 Å². The summed E-state index contributed by atoms with van der Waals surface area (Å²) < 4.78 is 0. The molecule has 0 aliphatic rings. The molecule has 2 N–H and O–H groups in total. The van der Waals surface area contributed by atoms with E-state index < -0.39 is 0 Å². The molecule has 1 amide bonds. The van der Waals surface area contributed by atoms with E-state index in [2.05, 4.69) is 42.7 Å². The van der Waals surface area contributed by atoms with Gasteiger partial charge in [0.25, 0.3) is 0 Å². The van der Waals surface area contributed by atoms with Crippen molar-refractivity contribution in [3.05, 3.63) is 29.3 Å². The monoisotopic (exact) mass is 263 g/mol.